The highest BCUT2D eigenvalue weighted by molar-refractivity contribution is 5.85. The number of rotatable bonds is 6. The van der Waals surface area contributed by atoms with E-state index in [1.54, 1.807) is 13.3 Å². The molecule has 3 rings (SSSR count). The van der Waals surface area contributed by atoms with Gasteiger partial charge in [0.15, 0.2) is 0 Å². The summed E-state index contributed by atoms with van der Waals surface area (Å²) in [6.07, 6.45) is 5.12. The molecule has 1 aliphatic heterocycles. The summed E-state index contributed by atoms with van der Waals surface area (Å²) in [5, 5.41) is 10.5. The molecule has 0 radical (unpaired) electrons. The molecule has 2 N–H and O–H groups in total. The maximum absolute atomic E-state index is 12.6. The lowest BCUT2D eigenvalue weighted by Gasteiger charge is -2.34. The SMILES string of the molecule is COC1(C(=O)NCc2cccc(Cn3cccn3)c2)CCNCC1.Cl. The molecule has 0 aliphatic carbocycles. The van der Waals surface area contributed by atoms with Crippen molar-refractivity contribution in [2.75, 3.05) is 20.2 Å². The second-order valence-corrected chi connectivity index (χ2v) is 6.15. The average molecular weight is 365 g/mol. The molecular weight excluding hydrogens is 340 g/mol. The Kier molecular flexibility index (Phi) is 6.99. The van der Waals surface area contributed by atoms with Gasteiger partial charge in [0.2, 0.25) is 0 Å². The summed E-state index contributed by atoms with van der Waals surface area (Å²) < 4.78 is 7.44. The smallest absolute Gasteiger partial charge is 0.252 e. The molecule has 0 bridgehead atoms. The zero-order chi connectivity index (χ0) is 16.8. The molecule has 25 heavy (non-hydrogen) atoms. The molecule has 0 saturated carbocycles. The lowest BCUT2D eigenvalue weighted by molar-refractivity contribution is -0.146. The number of nitrogens with zero attached hydrogens (tertiary/aromatic N) is 2. The molecule has 1 amide bonds. The van der Waals surface area contributed by atoms with E-state index in [0.29, 0.717) is 19.4 Å². The highest BCUT2D eigenvalue weighted by atomic mass is 35.5. The fourth-order valence-electron chi connectivity index (χ4n) is 3.12. The number of benzene rings is 1. The number of methoxy groups -OCH3 is 1. The number of aromatic nitrogens is 2. The summed E-state index contributed by atoms with van der Waals surface area (Å²) in [6, 6.07) is 10.1. The first-order valence-corrected chi connectivity index (χ1v) is 8.31. The fraction of sp³-hybridized carbons (Fsp3) is 0.444. The minimum absolute atomic E-state index is 0. The van der Waals surface area contributed by atoms with Crippen LogP contribution in [0.2, 0.25) is 0 Å². The van der Waals surface area contributed by atoms with Crippen molar-refractivity contribution in [3.05, 3.63) is 53.9 Å². The molecule has 1 saturated heterocycles. The van der Waals surface area contributed by atoms with Crippen molar-refractivity contribution in [2.45, 2.75) is 31.5 Å². The highest BCUT2D eigenvalue weighted by Crippen LogP contribution is 2.22. The van der Waals surface area contributed by atoms with E-state index in [2.05, 4.69) is 27.9 Å². The van der Waals surface area contributed by atoms with E-state index in [-0.39, 0.29) is 18.3 Å². The monoisotopic (exact) mass is 364 g/mol. The molecule has 1 aromatic heterocycles. The third-order valence-corrected chi connectivity index (χ3v) is 4.56. The third kappa shape index (κ3) is 4.81. The molecule has 136 valence electrons. The van der Waals surface area contributed by atoms with Gasteiger partial charge < -0.3 is 15.4 Å². The number of nitrogens with one attached hydrogen (secondary N) is 2. The van der Waals surface area contributed by atoms with Crippen LogP contribution in [0.5, 0.6) is 0 Å². The largest absolute Gasteiger partial charge is 0.368 e. The second kappa shape index (κ2) is 8.99. The molecular formula is C18H25ClN4O2. The zero-order valence-electron chi connectivity index (χ0n) is 14.4. The summed E-state index contributed by atoms with van der Waals surface area (Å²) >= 11 is 0. The standard InChI is InChI=1S/C18H24N4O2.ClH/c1-24-18(6-9-19-10-7-18)17(23)20-13-15-4-2-5-16(12-15)14-22-11-3-8-21-22;/h2-5,8,11-12,19H,6-7,9-10,13-14H2,1H3,(H,20,23);1H. The first-order chi connectivity index (χ1) is 11.7. The van der Waals surface area contributed by atoms with Crippen LogP contribution < -0.4 is 10.6 Å². The fourth-order valence-corrected chi connectivity index (χ4v) is 3.12. The Morgan fingerprint density at radius 3 is 2.76 bits per heavy atom. The van der Waals surface area contributed by atoms with Crippen molar-refractivity contribution < 1.29 is 9.53 Å². The van der Waals surface area contributed by atoms with Crippen molar-refractivity contribution in [3.8, 4) is 0 Å². The lowest BCUT2D eigenvalue weighted by atomic mass is 9.91. The van der Waals surface area contributed by atoms with Gasteiger partial charge in [0.05, 0.1) is 6.54 Å². The Bertz CT molecular complexity index is 669. The first kappa shape index (κ1) is 19.4. The quantitative estimate of drug-likeness (QED) is 0.819. The van der Waals surface area contributed by atoms with Crippen LogP contribution in [-0.4, -0.2) is 41.5 Å². The van der Waals surface area contributed by atoms with E-state index in [1.165, 1.54) is 0 Å². The number of piperidine rings is 1. The van der Waals surface area contributed by atoms with Crippen LogP contribution in [0.25, 0.3) is 0 Å². The molecule has 2 aromatic rings. The summed E-state index contributed by atoms with van der Waals surface area (Å²) in [7, 11) is 1.62. The molecule has 7 heteroatoms. The van der Waals surface area contributed by atoms with E-state index in [9.17, 15) is 4.79 Å². The number of hydrogen-bond donors (Lipinski definition) is 2. The predicted octanol–water partition coefficient (Wildman–Crippen LogP) is 1.74. The van der Waals surface area contributed by atoms with Gasteiger partial charge in [-0.25, -0.2) is 0 Å². The van der Waals surface area contributed by atoms with E-state index >= 15 is 0 Å². The van der Waals surface area contributed by atoms with E-state index in [4.69, 9.17) is 4.74 Å². The summed E-state index contributed by atoms with van der Waals surface area (Å²) in [6.45, 7) is 2.84. The van der Waals surface area contributed by atoms with Crippen molar-refractivity contribution in [1.82, 2.24) is 20.4 Å². The van der Waals surface area contributed by atoms with Gasteiger partial charge in [0.25, 0.3) is 5.91 Å². The second-order valence-electron chi connectivity index (χ2n) is 6.15. The van der Waals surface area contributed by atoms with Gasteiger partial charge >= 0.3 is 0 Å². The maximum atomic E-state index is 12.6. The van der Waals surface area contributed by atoms with E-state index < -0.39 is 5.60 Å². The Balaban J connectivity index is 0.00000225. The molecule has 2 heterocycles. The Hall–Kier alpha value is -1.89. The molecule has 1 aliphatic rings. The van der Waals surface area contributed by atoms with E-state index in [1.807, 2.05) is 29.1 Å². The van der Waals surface area contributed by atoms with Gasteiger partial charge in [-0.15, -0.1) is 12.4 Å². The van der Waals surface area contributed by atoms with Crippen LogP contribution >= 0.6 is 12.4 Å². The van der Waals surface area contributed by atoms with Crippen molar-refractivity contribution in [1.29, 1.82) is 0 Å². The number of hydrogen-bond acceptors (Lipinski definition) is 4. The topological polar surface area (TPSA) is 68.2 Å². The van der Waals surface area contributed by atoms with Gasteiger partial charge in [-0.1, -0.05) is 24.3 Å². The zero-order valence-corrected chi connectivity index (χ0v) is 15.2. The van der Waals surface area contributed by atoms with Crippen molar-refractivity contribution in [2.24, 2.45) is 0 Å². The van der Waals surface area contributed by atoms with Crippen molar-refractivity contribution >= 4 is 18.3 Å². The average Bonchev–Trinajstić information content (AvgIpc) is 3.13. The van der Waals surface area contributed by atoms with Gasteiger partial charge in [-0.3, -0.25) is 9.48 Å². The molecule has 6 nitrogen and oxygen atoms in total. The highest BCUT2D eigenvalue weighted by Gasteiger charge is 2.39. The van der Waals surface area contributed by atoms with E-state index in [0.717, 1.165) is 30.8 Å². The number of halogens is 1. The van der Waals surface area contributed by atoms with Crippen LogP contribution in [0.3, 0.4) is 0 Å². The minimum atomic E-state index is -0.697. The van der Waals surface area contributed by atoms with Gasteiger partial charge in [-0.2, -0.15) is 5.10 Å². The number of carbonyl (C=O) groups excluding carboxylic acids is 1. The van der Waals surface area contributed by atoms with Gasteiger partial charge in [0, 0.05) is 26.0 Å². The van der Waals surface area contributed by atoms with Crippen LogP contribution in [0.1, 0.15) is 24.0 Å². The lowest BCUT2D eigenvalue weighted by Crippen LogP contribution is -2.53. The summed E-state index contributed by atoms with van der Waals surface area (Å²) in [5.74, 6) is -0.0241. The third-order valence-electron chi connectivity index (χ3n) is 4.56. The molecule has 1 aromatic carbocycles. The van der Waals surface area contributed by atoms with Crippen LogP contribution in [-0.2, 0) is 22.6 Å². The molecule has 0 spiro atoms. The summed E-state index contributed by atoms with van der Waals surface area (Å²) in [4.78, 5) is 12.6. The first-order valence-electron chi connectivity index (χ1n) is 8.31. The molecule has 0 unspecified atom stereocenters. The van der Waals surface area contributed by atoms with Crippen LogP contribution in [0, 0.1) is 0 Å². The molecule has 0 atom stereocenters. The van der Waals surface area contributed by atoms with Crippen LogP contribution in [0.15, 0.2) is 42.7 Å². The number of amides is 1. The normalized spacial score (nSPS) is 16.0. The Morgan fingerprint density at radius 2 is 2.08 bits per heavy atom. The van der Waals surface area contributed by atoms with Crippen LogP contribution in [0.4, 0.5) is 0 Å². The number of carbonyl (C=O) groups is 1. The summed E-state index contributed by atoms with van der Waals surface area (Å²) in [5.41, 5.74) is 1.54. The minimum Gasteiger partial charge on any atom is -0.368 e. The Labute approximate surface area is 154 Å². The van der Waals surface area contributed by atoms with Gasteiger partial charge in [-0.05, 0) is 43.1 Å². The number of ether oxygens (including phenoxy) is 1. The van der Waals surface area contributed by atoms with Crippen molar-refractivity contribution in [3.63, 3.8) is 0 Å². The molecule has 1 fully saturated rings. The Morgan fingerprint density at radius 1 is 1.32 bits per heavy atom. The predicted molar refractivity (Wildman–Crippen MR) is 98.7 cm³/mol. The van der Waals surface area contributed by atoms with Gasteiger partial charge in [0.1, 0.15) is 5.60 Å². The maximum Gasteiger partial charge on any atom is 0.252 e.